The molecule has 0 aliphatic heterocycles. The topological polar surface area (TPSA) is 73.9 Å². The van der Waals surface area contributed by atoms with E-state index in [4.69, 9.17) is 14.2 Å². The largest absolute Gasteiger partial charge is 0.493 e. The minimum atomic E-state index is -0.625. The average molecular weight is 369 g/mol. The van der Waals surface area contributed by atoms with E-state index in [1.807, 2.05) is 32.0 Å². The van der Waals surface area contributed by atoms with Crippen molar-refractivity contribution in [3.8, 4) is 11.5 Å². The van der Waals surface area contributed by atoms with Gasteiger partial charge in [0.1, 0.15) is 6.61 Å². The number of benzene rings is 2. The smallest absolute Gasteiger partial charge is 0.338 e. The molecule has 0 aromatic heterocycles. The van der Waals surface area contributed by atoms with Crippen LogP contribution in [-0.2, 0) is 9.53 Å². The van der Waals surface area contributed by atoms with Gasteiger partial charge in [-0.2, -0.15) is 0 Å². The Kier molecular flexibility index (Phi) is 7.00. The first kappa shape index (κ1) is 20.0. The number of carbonyl (C=O) groups excluding carboxylic acids is 2. The average Bonchev–Trinajstić information content (AvgIpc) is 2.67. The normalized spacial score (nSPS) is 10.0. The molecule has 0 aliphatic carbocycles. The number of rotatable bonds is 8. The molecule has 0 spiro atoms. The van der Waals surface area contributed by atoms with E-state index in [2.05, 4.69) is 11.9 Å². The first-order valence-electron chi connectivity index (χ1n) is 8.40. The van der Waals surface area contributed by atoms with Crippen molar-refractivity contribution in [1.29, 1.82) is 0 Å². The number of nitrogens with one attached hydrogen (secondary N) is 1. The molecule has 0 atom stereocenters. The van der Waals surface area contributed by atoms with Crippen molar-refractivity contribution in [2.45, 2.75) is 13.8 Å². The first-order valence-corrected chi connectivity index (χ1v) is 8.40. The summed E-state index contributed by atoms with van der Waals surface area (Å²) in [5, 5.41) is 2.74. The fraction of sp³-hybridized carbons (Fsp3) is 0.238. The van der Waals surface area contributed by atoms with Gasteiger partial charge in [-0.3, -0.25) is 4.79 Å². The number of carbonyl (C=O) groups is 2. The number of anilines is 1. The Morgan fingerprint density at radius 2 is 1.89 bits per heavy atom. The molecule has 6 nitrogen and oxygen atoms in total. The van der Waals surface area contributed by atoms with Gasteiger partial charge in [0.2, 0.25) is 0 Å². The van der Waals surface area contributed by atoms with Crippen molar-refractivity contribution in [3.05, 3.63) is 65.7 Å². The number of aryl methyl sites for hydroxylation is 2. The summed E-state index contributed by atoms with van der Waals surface area (Å²) in [4.78, 5) is 24.3. The van der Waals surface area contributed by atoms with E-state index < -0.39 is 11.9 Å². The van der Waals surface area contributed by atoms with Gasteiger partial charge < -0.3 is 19.5 Å². The van der Waals surface area contributed by atoms with Crippen LogP contribution >= 0.6 is 0 Å². The number of hydrogen-bond acceptors (Lipinski definition) is 5. The number of esters is 1. The molecule has 2 aromatic carbocycles. The maximum Gasteiger partial charge on any atom is 0.338 e. The summed E-state index contributed by atoms with van der Waals surface area (Å²) in [6.07, 6.45) is 1.61. The third-order valence-electron chi connectivity index (χ3n) is 3.76. The van der Waals surface area contributed by atoms with E-state index in [1.165, 1.54) is 13.2 Å². The standard InChI is InChI=1S/C21H23NO5/c1-5-10-26-18-9-8-16(12-19(18)25-4)21(24)27-13-20(23)22-17-11-14(2)6-7-15(17)3/h5-9,11-12H,1,10,13H2,2-4H3,(H,22,23). The van der Waals surface area contributed by atoms with E-state index in [0.717, 1.165) is 11.1 Å². The Morgan fingerprint density at radius 3 is 2.59 bits per heavy atom. The Morgan fingerprint density at radius 1 is 1.11 bits per heavy atom. The summed E-state index contributed by atoms with van der Waals surface area (Å²) in [6, 6.07) is 10.4. The second kappa shape index (κ2) is 9.43. The summed E-state index contributed by atoms with van der Waals surface area (Å²) in [7, 11) is 1.48. The molecule has 1 amide bonds. The maximum atomic E-state index is 12.2. The van der Waals surface area contributed by atoms with Crippen LogP contribution in [0.15, 0.2) is 49.1 Å². The van der Waals surface area contributed by atoms with E-state index >= 15 is 0 Å². The van der Waals surface area contributed by atoms with Gasteiger partial charge in [-0.15, -0.1) is 0 Å². The van der Waals surface area contributed by atoms with E-state index in [1.54, 1.807) is 18.2 Å². The minimum absolute atomic E-state index is 0.261. The van der Waals surface area contributed by atoms with Crippen LogP contribution in [0.4, 0.5) is 5.69 Å². The van der Waals surface area contributed by atoms with Crippen molar-refractivity contribution in [3.63, 3.8) is 0 Å². The van der Waals surface area contributed by atoms with Gasteiger partial charge in [0, 0.05) is 5.69 Å². The molecule has 0 radical (unpaired) electrons. The van der Waals surface area contributed by atoms with Crippen LogP contribution in [0.3, 0.4) is 0 Å². The molecule has 0 heterocycles. The van der Waals surface area contributed by atoms with Gasteiger partial charge in [-0.05, 0) is 49.2 Å². The fourth-order valence-corrected chi connectivity index (χ4v) is 2.33. The predicted octanol–water partition coefficient (Wildman–Crippen LogP) is 3.67. The monoisotopic (exact) mass is 369 g/mol. The van der Waals surface area contributed by atoms with E-state index in [-0.39, 0.29) is 12.2 Å². The van der Waals surface area contributed by atoms with Crippen LogP contribution in [0.5, 0.6) is 11.5 Å². The second-order valence-corrected chi connectivity index (χ2v) is 5.91. The molecular formula is C21H23NO5. The zero-order valence-corrected chi connectivity index (χ0v) is 15.7. The lowest BCUT2D eigenvalue weighted by atomic mass is 10.1. The highest BCUT2D eigenvalue weighted by Crippen LogP contribution is 2.28. The van der Waals surface area contributed by atoms with Gasteiger partial charge in [-0.1, -0.05) is 24.8 Å². The van der Waals surface area contributed by atoms with E-state index in [9.17, 15) is 9.59 Å². The van der Waals surface area contributed by atoms with Crippen molar-refractivity contribution < 1.29 is 23.8 Å². The number of amides is 1. The van der Waals surface area contributed by atoms with Gasteiger partial charge in [0.15, 0.2) is 18.1 Å². The maximum absolute atomic E-state index is 12.2. The molecule has 2 aromatic rings. The number of ether oxygens (including phenoxy) is 3. The molecule has 142 valence electrons. The van der Waals surface area contributed by atoms with Gasteiger partial charge in [0.25, 0.3) is 5.91 Å². The lowest BCUT2D eigenvalue weighted by Crippen LogP contribution is -2.21. The summed E-state index contributed by atoms with van der Waals surface area (Å²) in [5.41, 5.74) is 2.91. The number of hydrogen-bond donors (Lipinski definition) is 1. The Balaban J connectivity index is 1.97. The first-order chi connectivity index (χ1) is 12.9. The van der Waals surface area contributed by atoms with Crippen molar-refractivity contribution in [1.82, 2.24) is 0 Å². The van der Waals surface area contributed by atoms with Crippen LogP contribution in [-0.4, -0.2) is 32.2 Å². The van der Waals surface area contributed by atoms with Crippen LogP contribution in [0.25, 0.3) is 0 Å². The molecule has 1 N–H and O–H groups in total. The molecule has 0 unspecified atom stereocenters. The molecule has 6 heteroatoms. The quantitative estimate of drug-likeness (QED) is 0.568. The molecular weight excluding hydrogens is 346 g/mol. The van der Waals surface area contributed by atoms with Crippen molar-refractivity contribution in [2.24, 2.45) is 0 Å². The minimum Gasteiger partial charge on any atom is -0.493 e. The fourth-order valence-electron chi connectivity index (χ4n) is 2.33. The number of methoxy groups -OCH3 is 1. The van der Waals surface area contributed by atoms with Crippen LogP contribution < -0.4 is 14.8 Å². The highest BCUT2D eigenvalue weighted by atomic mass is 16.5. The Labute approximate surface area is 158 Å². The zero-order chi connectivity index (χ0) is 19.8. The molecule has 2 rings (SSSR count). The highest BCUT2D eigenvalue weighted by Gasteiger charge is 2.14. The molecule has 0 fully saturated rings. The SMILES string of the molecule is C=CCOc1ccc(C(=O)OCC(=O)Nc2cc(C)ccc2C)cc1OC. The van der Waals surface area contributed by atoms with Gasteiger partial charge in [0.05, 0.1) is 12.7 Å². The van der Waals surface area contributed by atoms with Crippen LogP contribution in [0.1, 0.15) is 21.5 Å². The molecule has 0 saturated carbocycles. The van der Waals surface area contributed by atoms with Crippen LogP contribution in [0.2, 0.25) is 0 Å². The molecule has 0 saturated heterocycles. The molecule has 0 bridgehead atoms. The third-order valence-corrected chi connectivity index (χ3v) is 3.76. The van der Waals surface area contributed by atoms with Crippen LogP contribution in [0, 0.1) is 13.8 Å². The lowest BCUT2D eigenvalue weighted by Gasteiger charge is -2.12. The predicted molar refractivity (Wildman–Crippen MR) is 104 cm³/mol. The Bertz CT molecular complexity index is 844. The molecule has 0 aliphatic rings. The van der Waals surface area contributed by atoms with Gasteiger partial charge >= 0.3 is 5.97 Å². The van der Waals surface area contributed by atoms with Crippen molar-refractivity contribution in [2.75, 3.05) is 25.6 Å². The Hall–Kier alpha value is -3.28. The lowest BCUT2D eigenvalue weighted by molar-refractivity contribution is -0.119. The van der Waals surface area contributed by atoms with Gasteiger partial charge in [-0.25, -0.2) is 4.79 Å². The molecule has 27 heavy (non-hydrogen) atoms. The van der Waals surface area contributed by atoms with E-state index in [0.29, 0.717) is 23.8 Å². The zero-order valence-electron chi connectivity index (χ0n) is 15.7. The summed E-state index contributed by atoms with van der Waals surface area (Å²) in [5.74, 6) is -0.151. The summed E-state index contributed by atoms with van der Waals surface area (Å²) < 4.78 is 15.7. The summed E-state index contributed by atoms with van der Waals surface area (Å²) in [6.45, 7) is 7.34. The third kappa shape index (κ3) is 5.60. The highest BCUT2D eigenvalue weighted by molar-refractivity contribution is 5.96. The summed E-state index contributed by atoms with van der Waals surface area (Å²) >= 11 is 0. The second-order valence-electron chi connectivity index (χ2n) is 5.91. The van der Waals surface area contributed by atoms with Crippen molar-refractivity contribution >= 4 is 17.6 Å².